The third kappa shape index (κ3) is 8.63. The van der Waals surface area contributed by atoms with Gasteiger partial charge < -0.3 is 24.4 Å². The largest absolute Gasteiger partial charge is 0.491 e. The predicted octanol–water partition coefficient (Wildman–Crippen LogP) is 3.55. The Morgan fingerprint density at radius 2 is 1.93 bits per heavy atom. The van der Waals surface area contributed by atoms with E-state index in [0.717, 1.165) is 51.1 Å². The van der Waals surface area contributed by atoms with Gasteiger partial charge in [-0.25, -0.2) is 0 Å². The lowest BCUT2D eigenvalue weighted by atomic mass is 9.96. The van der Waals surface area contributed by atoms with Gasteiger partial charge in [0.05, 0.1) is 0 Å². The van der Waals surface area contributed by atoms with Crippen molar-refractivity contribution >= 4 is 0 Å². The quantitative estimate of drug-likeness (QED) is 0.646. The Balaban J connectivity index is 1.37. The van der Waals surface area contributed by atoms with Crippen LogP contribution in [0.4, 0.5) is 0 Å². The van der Waals surface area contributed by atoms with Gasteiger partial charge in [0.2, 0.25) is 0 Å². The standard InChI is InChI=1S/C24H40N2O3/c1-25(14-9-21-10-15-28-16-11-21)18-22-7-6-8-24(17-22)29-20-23(27)19-26-12-4-2-3-5-13-26/h6-8,17,21,23,27H,2-5,9-16,18-20H2,1H3/t23-/m0/s1. The fourth-order valence-corrected chi connectivity index (χ4v) is 4.42. The molecule has 3 rings (SSSR count). The summed E-state index contributed by atoms with van der Waals surface area (Å²) in [6, 6.07) is 8.32. The Bertz CT molecular complexity index is 569. The van der Waals surface area contributed by atoms with Crippen molar-refractivity contribution in [1.29, 1.82) is 0 Å². The van der Waals surface area contributed by atoms with Gasteiger partial charge in [-0.3, -0.25) is 0 Å². The fraction of sp³-hybridized carbons (Fsp3) is 0.750. The summed E-state index contributed by atoms with van der Waals surface area (Å²) >= 11 is 0. The van der Waals surface area contributed by atoms with Crippen molar-refractivity contribution in [2.24, 2.45) is 5.92 Å². The van der Waals surface area contributed by atoms with Gasteiger partial charge in [0, 0.05) is 26.3 Å². The van der Waals surface area contributed by atoms with Crippen molar-refractivity contribution in [3.63, 3.8) is 0 Å². The van der Waals surface area contributed by atoms with Crippen LogP contribution in [-0.2, 0) is 11.3 Å². The summed E-state index contributed by atoms with van der Waals surface area (Å²) in [5, 5.41) is 10.4. The van der Waals surface area contributed by atoms with Crippen LogP contribution in [0.1, 0.15) is 50.5 Å². The van der Waals surface area contributed by atoms with Gasteiger partial charge in [0.15, 0.2) is 0 Å². The van der Waals surface area contributed by atoms with Gasteiger partial charge >= 0.3 is 0 Å². The minimum atomic E-state index is -0.432. The number of aliphatic hydroxyl groups excluding tert-OH is 1. The minimum Gasteiger partial charge on any atom is -0.491 e. The molecule has 0 aromatic heterocycles. The Hall–Kier alpha value is -1.14. The van der Waals surface area contributed by atoms with Gasteiger partial charge in [-0.15, -0.1) is 0 Å². The van der Waals surface area contributed by atoms with Gasteiger partial charge in [-0.2, -0.15) is 0 Å². The first-order chi connectivity index (χ1) is 14.2. The summed E-state index contributed by atoms with van der Waals surface area (Å²) in [5.41, 5.74) is 1.26. The molecule has 0 bridgehead atoms. The molecule has 1 aromatic rings. The van der Waals surface area contributed by atoms with Crippen molar-refractivity contribution in [2.45, 2.75) is 57.6 Å². The van der Waals surface area contributed by atoms with Crippen LogP contribution < -0.4 is 4.74 Å². The van der Waals surface area contributed by atoms with E-state index in [9.17, 15) is 5.11 Å². The molecule has 1 N–H and O–H groups in total. The maximum atomic E-state index is 10.4. The first-order valence-corrected chi connectivity index (χ1v) is 11.6. The Morgan fingerprint density at radius 1 is 1.17 bits per heavy atom. The van der Waals surface area contributed by atoms with Crippen LogP contribution in [-0.4, -0.2) is 74.1 Å². The van der Waals surface area contributed by atoms with E-state index in [1.165, 1.54) is 50.5 Å². The number of likely N-dealkylation sites (tertiary alicyclic amines) is 1. The van der Waals surface area contributed by atoms with Crippen LogP contribution in [0.5, 0.6) is 5.75 Å². The van der Waals surface area contributed by atoms with E-state index in [2.05, 4.69) is 35.0 Å². The SMILES string of the molecule is CN(CCC1CCOCC1)Cc1cccc(OC[C@@H](O)CN2CCCCCC2)c1. The van der Waals surface area contributed by atoms with E-state index in [0.29, 0.717) is 13.2 Å². The lowest BCUT2D eigenvalue weighted by Gasteiger charge is -2.25. The van der Waals surface area contributed by atoms with E-state index in [-0.39, 0.29) is 0 Å². The van der Waals surface area contributed by atoms with Crippen LogP contribution in [0.25, 0.3) is 0 Å². The van der Waals surface area contributed by atoms with Crippen molar-refractivity contribution in [3.05, 3.63) is 29.8 Å². The van der Waals surface area contributed by atoms with Crippen LogP contribution in [0.2, 0.25) is 0 Å². The summed E-state index contributed by atoms with van der Waals surface area (Å²) in [6.45, 7) is 7.18. The smallest absolute Gasteiger partial charge is 0.119 e. The van der Waals surface area contributed by atoms with Crippen molar-refractivity contribution in [1.82, 2.24) is 9.80 Å². The van der Waals surface area contributed by atoms with Crippen LogP contribution in [0, 0.1) is 5.92 Å². The van der Waals surface area contributed by atoms with Crippen molar-refractivity contribution < 1.29 is 14.6 Å². The molecule has 2 saturated heterocycles. The first-order valence-electron chi connectivity index (χ1n) is 11.6. The van der Waals surface area contributed by atoms with E-state index < -0.39 is 6.10 Å². The number of hydrogen-bond donors (Lipinski definition) is 1. The number of ether oxygens (including phenoxy) is 2. The highest BCUT2D eigenvalue weighted by Crippen LogP contribution is 2.20. The predicted molar refractivity (Wildman–Crippen MR) is 117 cm³/mol. The maximum Gasteiger partial charge on any atom is 0.119 e. The minimum absolute atomic E-state index is 0.361. The Morgan fingerprint density at radius 3 is 2.69 bits per heavy atom. The zero-order chi connectivity index (χ0) is 20.3. The monoisotopic (exact) mass is 404 g/mol. The summed E-state index contributed by atoms with van der Waals surface area (Å²) < 4.78 is 11.4. The summed E-state index contributed by atoms with van der Waals surface area (Å²) in [7, 11) is 2.19. The second-order valence-corrected chi connectivity index (χ2v) is 8.91. The highest BCUT2D eigenvalue weighted by molar-refractivity contribution is 5.28. The van der Waals surface area contributed by atoms with Gasteiger partial charge in [0.1, 0.15) is 18.5 Å². The van der Waals surface area contributed by atoms with Crippen LogP contribution >= 0.6 is 0 Å². The maximum absolute atomic E-state index is 10.4. The number of benzene rings is 1. The molecular formula is C24H40N2O3. The van der Waals surface area contributed by atoms with E-state index >= 15 is 0 Å². The number of β-amino-alcohol motifs (C(OH)–C–C–N with tert-alkyl or cyclic N) is 1. The summed E-state index contributed by atoms with van der Waals surface area (Å²) in [5.74, 6) is 1.67. The molecule has 164 valence electrons. The summed E-state index contributed by atoms with van der Waals surface area (Å²) in [4.78, 5) is 4.77. The molecule has 0 unspecified atom stereocenters. The second-order valence-electron chi connectivity index (χ2n) is 8.91. The van der Waals surface area contributed by atoms with E-state index in [1.54, 1.807) is 0 Å². The third-order valence-corrected chi connectivity index (χ3v) is 6.22. The zero-order valence-corrected chi connectivity index (χ0v) is 18.2. The molecule has 0 radical (unpaired) electrons. The molecule has 2 heterocycles. The molecule has 29 heavy (non-hydrogen) atoms. The van der Waals surface area contributed by atoms with Gasteiger partial charge in [-0.05, 0) is 82.4 Å². The molecule has 1 aromatic carbocycles. The molecule has 1 atom stereocenters. The molecule has 5 heteroatoms. The Kier molecular flexibility index (Phi) is 9.74. The molecule has 0 amide bonds. The molecule has 2 aliphatic heterocycles. The normalized spacial score (nSPS) is 20.5. The van der Waals surface area contributed by atoms with E-state index in [1.807, 2.05) is 6.07 Å². The molecule has 2 fully saturated rings. The lowest BCUT2D eigenvalue weighted by Crippen LogP contribution is -2.36. The van der Waals surface area contributed by atoms with Crippen molar-refractivity contribution in [2.75, 3.05) is 53.0 Å². The molecule has 5 nitrogen and oxygen atoms in total. The third-order valence-electron chi connectivity index (χ3n) is 6.22. The van der Waals surface area contributed by atoms with Gasteiger partial charge in [-0.1, -0.05) is 25.0 Å². The van der Waals surface area contributed by atoms with Gasteiger partial charge in [0.25, 0.3) is 0 Å². The first kappa shape index (κ1) is 22.5. The fourth-order valence-electron chi connectivity index (χ4n) is 4.42. The average Bonchev–Trinajstić information content (AvgIpc) is 3.00. The molecular weight excluding hydrogens is 364 g/mol. The zero-order valence-electron chi connectivity index (χ0n) is 18.2. The average molecular weight is 405 g/mol. The highest BCUT2D eigenvalue weighted by atomic mass is 16.5. The number of aliphatic hydroxyl groups is 1. The topological polar surface area (TPSA) is 45.2 Å². The molecule has 2 aliphatic rings. The van der Waals surface area contributed by atoms with Crippen molar-refractivity contribution in [3.8, 4) is 5.75 Å². The number of rotatable bonds is 10. The summed E-state index contributed by atoms with van der Waals surface area (Å²) in [6.07, 6.45) is 8.36. The highest BCUT2D eigenvalue weighted by Gasteiger charge is 2.15. The number of nitrogens with zero attached hydrogens (tertiary/aromatic N) is 2. The van der Waals surface area contributed by atoms with E-state index in [4.69, 9.17) is 9.47 Å². The molecule has 0 saturated carbocycles. The second kappa shape index (κ2) is 12.5. The van der Waals surface area contributed by atoms with Crippen LogP contribution in [0.15, 0.2) is 24.3 Å². The van der Waals surface area contributed by atoms with Crippen LogP contribution in [0.3, 0.4) is 0 Å². The Labute approximate surface area is 177 Å². The molecule has 0 aliphatic carbocycles. The lowest BCUT2D eigenvalue weighted by molar-refractivity contribution is 0.0608. The molecule has 0 spiro atoms. The number of hydrogen-bond acceptors (Lipinski definition) is 5.